The summed E-state index contributed by atoms with van der Waals surface area (Å²) in [4.78, 5) is 25.8. The number of aryl methyl sites for hydroxylation is 1. The van der Waals surface area contributed by atoms with E-state index in [9.17, 15) is 9.59 Å². The van der Waals surface area contributed by atoms with Crippen LogP contribution < -0.4 is 14.8 Å². The SMILES string of the molecule is COc1ccc(CN(CC(=O)NCc2ccccc2C)C(C)=O)cc1OC. The number of hydrogen-bond donors (Lipinski definition) is 1. The van der Waals surface area contributed by atoms with Crippen LogP contribution in [-0.2, 0) is 22.7 Å². The Labute approximate surface area is 160 Å². The van der Waals surface area contributed by atoms with E-state index in [4.69, 9.17) is 9.47 Å². The molecular formula is C21H26N2O4. The van der Waals surface area contributed by atoms with Crippen molar-refractivity contribution in [1.29, 1.82) is 0 Å². The van der Waals surface area contributed by atoms with Gasteiger partial charge in [0.1, 0.15) is 0 Å². The molecule has 0 bridgehead atoms. The number of hydrogen-bond acceptors (Lipinski definition) is 4. The molecule has 0 unspecified atom stereocenters. The number of carbonyl (C=O) groups excluding carboxylic acids is 2. The van der Waals surface area contributed by atoms with Gasteiger partial charge in [-0.25, -0.2) is 0 Å². The second-order valence-electron chi connectivity index (χ2n) is 6.27. The number of carbonyl (C=O) groups is 2. The van der Waals surface area contributed by atoms with E-state index in [2.05, 4.69) is 5.32 Å². The maximum Gasteiger partial charge on any atom is 0.239 e. The number of ether oxygens (including phenoxy) is 2. The van der Waals surface area contributed by atoms with Crippen molar-refractivity contribution in [3.05, 3.63) is 59.2 Å². The first-order chi connectivity index (χ1) is 12.9. The fraction of sp³-hybridized carbons (Fsp3) is 0.333. The molecule has 1 N–H and O–H groups in total. The van der Waals surface area contributed by atoms with E-state index in [1.165, 1.54) is 11.8 Å². The lowest BCUT2D eigenvalue weighted by Gasteiger charge is -2.21. The van der Waals surface area contributed by atoms with Gasteiger partial charge < -0.3 is 19.7 Å². The second kappa shape index (κ2) is 9.62. The molecule has 27 heavy (non-hydrogen) atoms. The normalized spacial score (nSPS) is 10.2. The second-order valence-corrected chi connectivity index (χ2v) is 6.27. The van der Waals surface area contributed by atoms with E-state index >= 15 is 0 Å². The van der Waals surface area contributed by atoms with Gasteiger partial charge >= 0.3 is 0 Å². The Bertz CT molecular complexity index is 805. The zero-order valence-corrected chi connectivity index (χ0v) is 16.2. The minimum absolute atomic E-state index is 0.00441. The largest absolute Gasteiger partial charge is 0.493 e. The first-order valence-corrected chi connectivity index (χ1v) is 8.72. The van der Waals surface area contributed by atoms with Gasteiger partial charge in [-0.05, 0) is 35.7 Å². The summed E-state index contributed by atoms with van der Waals surface area (Å²) in [5.41, 5.74) is 3.03. The van der Waals surface area contributed by atoms with Gasteiger partial charge in [0.05, 0.1) is 20.8 Å². The Balaban J connectivity index is 2.00. The van der Waals surface area contributed by atoms with Crippen LogP contribution in [0.1, 0.15) is 23.6 Å². The molecule has 0 fully saturated rings. The van der Waals surface area contributed by atoms with Crippen LogP contribution in [0.25, 0.3) is 0 Å². The van der Waals surface area contributed by atoms with Gasteiger partial charge in [0, 0.05) is 20.0 Å². The van der Waals surface area contributed by atoms with Crippen molar-refractivity contribution < 1.29 is 19.1 Å². The third kappa shape index (κ3) is 5.74. The molecule has 2 amide bonds. The van der Waals surface area contributed by atoms with Crippen molar-refractivity contribution in [3.8, 4) is 11.5 Å². The summed E-state index contributed by atoms with van der Waals surface area (Å²) in [6.45, 7) is 4.20. The van der Waals surface area contributed by atoms with Crippen molar-refractivity contribution in [2.75, 3.05) is 20.8 Å². The highest BCUT2D eigenvalue weighted by molar-refractivity contribution is 5.83. The van der Waals surface area contributed by atoms with Crippen LogP contribution in [0.5, 0.6) is 11.5 Å². The summed E-state index contributed by atoms with van der Waals surface area (Å²) >= 11 is 0. The third-order valence-corrected chi connectivity index (χ3v) is 4.34. The lowest BCUT2D eigenvalue weighted by atomic mass is 10.1. The number of rotatable bonds is 8. The molecule has 0 radical (unpaired) electrons. The Morgan fingerprint density at radius 1 is 1.04 bits per heavy atom. The van der Waals surface area contributed by atoms with Gasteiger partial charge in [-0.3, -0.25) is 9.59 Å². The highest BCUT2D eigenvalue weighted by Crippen LogP contribution is 2.28. The first-order valence-electron chi connectivity index (χ1n) is 8.72. The van der Waals surface area contributed by atoms with Crippen LogP contribution in [0.15, 0.2) is 42.5 Å². The zero-order chi connectivity index (χ0) is 19.8. The van der Waals surface area contributed by atoms with Crippen molar-refractivity contribution in [2.24, 2.45) is 0 Å². The van der Waals surface area contributed by atoms with Crippen LogP contribution in [-0.4, -0.2) is 37.5 Å². The van der Waals surface area contributed by atoms with Gasteiger partial charge in [-0.15, -0.1) is 0 Å². The Morgan fingerprint density at radius 3 is 2.37 bits per heavy atom. The number of methoxy groups -OCH3 is 2. The molecule has 2 rings (SSSR count). The van der Waals surface area contributed by atoms with Gasteiger partial charge in [-0.1, -0.05) is 30.3 Å². The maximum atomic E-state index is 12.3. The fourth-order valence-corrected chi connectivity index (χ4v) is 2.71. The van der Waals surface area contributed by atoms with E-state index in [0.717, 1.165) is 16.7 Å². The third-order valence-electron chi connectivity index (χ3n) is 4.34. The molecule has 144 valence electrons. The summed E-state index contributed by atoms with van der Waals surface area (Å²) in [7, 11) is 3.13. The van der Waals surface area contributed by atoms with Crippen molar-refractivity contribution in [1.82, 2.24) is 10.2 Å². The first kappa shape index (κ1) is 20.3. The maximum absolute atomic E-state index is 12.3. The van der Waals surface area contributed by atoms with E-state index in [1.54, 1.807) is 26.4 Å². The molecule has 2 aromatic rings. The summed E-state index contributed by atoms with van der Waals surface area (Å²) in [5.74, 6) is 0.832. The number of nitrogens with one attached hydrogen (secondary N) is 1. The Hall–Kier alpha value is -3.02. The van der Waals surface area contributed by atoms with Gasteiger partial charge in [0.25, 0.3) is 0 Å². The van der Waals surface area contributed by atoms with E-state index in [-0.39, 0.29) is 18.4 Å². The zero-order valence-electron chi connectivity index (χ0n) is 16.2. The molecule has 0 aliphatic heterocycles. The molecule has 0 atom stereocenters. The van der Waals surface area contributed by atoms with Gasteiger partial charge in [-0.2, -0.15) is 0 Å². The van der Waals surface area contributed by atoms with Gasteiger partial charge in [0.2, 0.25) is 11.8 Å². The molecule has 0 aromatic heterocycles. The minimum atomic E-state index is -0.200. The molecular weight excluding hydrogens is 344 g/mol. The predicted molar refractivity (Wildman–Crippen MR) is 104 cm³/mol. The molecule has 0 saturated carbocycles. The van der Waals surface area contributed by atoms with Crippen molar-refractivity contribution in [3.63, 3.8) is 0 Å². The summed E-state index contributed by atoms with van der Waals surface area (Å²) in [5, 5.41) is 2.87. The van der Waals surface area contributed by atoms with E-state index in [0.29, 0.717) is 24.6 Å². The Morgan fingerprint density at radius 2 is 1.74 bits per heavy atom. The van der Waals surface area contributed by atoms with Crippen molar-refractivity contribution >= 4 is 11.8 Å². The van der Waals surface area contributed by atoms with Gasteiger partial charge in [0.15, 0.2) is 11.5 Å². The molecule has 6 nitrogen and oxygen atoms in total. The number of amides is 2. The lowest BCUT2D eigenvalue weighted by Crippen LogP contribution is -2.39. The smallest absolute Gasteiger partial charge is 0.239 e. The summed E-state index contributed by atoms with van der Waals surface area (Å²) in [6, 6.07) is 13.3. The molecule has 6 heteroatoms. The minimum Gasteiger partial charge on any atom is -0.493 e. The van der Waals surface area contributed by atoms with Crippen LogP contribution in [0, 0.1) is 6.92 Å². The van der Waals surface area contributed by atoms with E-state index in [1.807, 2.05) is 37.3 Å². The molecule has 0 saturated heterocycles. The fourth-order valence-electron chi connectivity index (χ4n) is 2.71. The lowest BCUT2D eigenvalue weighted by molar-refractivity contribution is -0.135. The molecule has 0 spiro atoms. The van der Waals surface area contributed by atoms with Crippen molar-refractivity contribution in [2.45, 2.75) is 26.9 Å². The highest BCUT2D eigenvalue weighted by atomic mass is 16.5. The van der Waals surface area contributed by atoms with Crippen LogP contribution in [0.3, 0.4) is 0 Å². The standard InChI is InChI=1S/C21H26N2O4/c1-15-7-5-6-8-18(15)12-22-21(25)14-23(16(2)24)13-17-9-10-19(26-3)20(11-17)27-4/h5-11H,12-14H2,1-4H3,(H,22,25). The topological polar surface area (TPSA) is 67.9 Å². The monoisotopic (exact) mass is 370 g/mol. The number of nitrogens with zero attached hydrogens (tertiary/aromatic N) is 1. The van der Waals surface area contributed by atoms with E-state index < -0.39 is 0 Å². The predicted octanol–water partition coefficient (Wildman–Crippen LogP) is 2.68. The average molecular weight is 370 g/mol. The molecule has 2 aromatic carbocycles. The number of benzene rings is 2. The van der Waals surface area contributed by atoms with Crippen LogP contribution >= 0.6 is 0 Å². The average Bonchev–Trinajstić information content (AvgIpc) is 2.66. The molecule has 0 heterocycles. The Kier molecular flexibility index (Phi) is 7.23. The summed E-state index contributed by atoms with van der Waals surface area (Å²) in [6.07, 6.45) is 0. The quantitative estimate of drug-likeness (QED) is 0.776. The molecule has 0 aliphatic carbocycles. The van der Waals surface area contributed by atoms with Crippen LogP contribution in [0.2, 0.25) is 0 Å². The summed E-state index contributed by atoms with van der Waals surface area (Å²) < 4.78 is 10.5. The van der Waals surface area contributed by atoms with Crippen LogP contribution in [0.4, 0.5) is 0 Å². The molecule has 0 aliphatic rings. The highest BCUT2D eigenvalue weighted by Gasteiger charge is 2.15.